The SMILES string of the molecule is CCCCCC/C=C\CCCCCCCC(=O)NC(COC1OC(CO)C(O)C(O)C1O)C(O)/C=C/CCCCCC. The van der Waals surface area contributed by atoms with Crippen LogP contribution in [0.5, 0.6) is 0 Å². The van der Waals surface area contributed by atoms with Crippen LogP contribution >= 0.6 is 0 Å². The number of hydrogen-bond donors (Lipinski definition) is 6. The van der Waals surface area contributed by atoms with Crippen LogP contribution in [0.4, 0.5) is 0 Å². The minimum atomic E-state index is -1.56. The van der Waals surface area contributed by atoms with E-state index in [2.05, 4.69) is 31.3 Å². The van der Waals surface area contributed by atoms with Gasteiger partial charge in [0.1, 0.15) is 24.4 Å². The number of carbonyl (C=O) groups excluding carboxylic acids is 1. The minimum Gasteiger partial charge on any atom is -0.394 e. The number of amides is 1. The summed E-state index contributed by atoms with van der Waals surface area (Å²) in [5.74, 6) is -0.196. The van der Waals surface area contributed by atoms with Gasteiger partial charge in [-0.05, 0) is 44.9 Å². The fourth-order valence-electron chi connectivity index (χ4n) is 4.97. The number of unbranched alkanes of at least 4 members (excludes halogenated alkanes) is 13. The third kappa shape index (κ3) is 17.1. The van der Waals surface area contributed by atoms with E-state index in [0.717, 1.165) is 70.6 Å². The second-order valence-corrected chi connectivity index (χ2v) is 11.6. The van der Waals surface area contributed by atoms with Gasteiger partial charge in [0.15, 0.2) is 6.29 Å². The van der Waals surface area contributed by atoms with Crippen LogP contribution in [-0.2, 0) is 14.3 Å². The molecule has 6 N–H and O–H groups in total. The molecular weight excluding hydrogens is 538 g/mol. The van der Waals surface area contributed by atoms with Crippen LogP contribution < -0.4 is 5.32 Å². The van der Waals surface area contributed by atoms with Crippen molar-refractivity contribution in [3.63, 3.8) is 0 Å². The molecule has 1 aliphatic rings. The van der Waals surface area contributed by atoms with Gasteiger partial charge in [-0.15, -0.1) is 0 Å². The first kappa shape index (κ1) is 38.7. The fourth-order valence-corrected chi connectivity index (χ4v) is 4.97. The molecule has 7 atom stereocenters. The second-order valence-electron chi connectivity index (χ2n) is 11.6. The number of hydrogen-bond acceptors (Lipinski definition) is 8. The van der Waals surface area contributed by atoms with Gasteiger partial charge < -0.3 is 40.3 Å². The highest BCUT2D eigenvalue weighted by Crippen LogP contribution is 2.22. The first-order valence-electron chi connectivity index (χ1n) is 16.6. The standard InChI is InChI=1S/C33H61NO8/c1-3-5-7-9-11-12-13-14-15-16-17-19-21-23-29(37)34-26(27(36)22-20-18-10-8-6-4-2)25-41-33-32(40)31(39)30(38)28(24-35)42-33/h12-13,20,22,26-28,30-33,35-36,38-40H,3-11,14-19,21,23-25H2,1-2H3,(H,34,37)/b13-12-,22-20+. The zero-order valence-corrected chi connectivity index (χ0v) is 26.2. The van der Waals surface area contributed by atoms with Gasteiger partial charge in [0.05, 0.1) is 25.4 Å². The van der Waals surface area contributed by atoms with E-state index in [-0.39, 0.29) is 12.5 Å². The molecule has 0 radical (unpaired) electrons. The Kier molecular flexibility index (Phi) is 23.1. The van der Waals surface area contributed by atoms with Crippen LogP contribution in [0.1, 0.15) is 123 Å². The molecule has 1 heterocycles. The third-order valence-electron chi connectivity index (χ3n) is 7.77. The quantitative estimate of drug-likeness (QED) is 0.0667. The second kappa shape index (κ2) is 25.0. The van der Waals surface area contributed by atoms with Gasteiger partial charge in [0.25, 0.3) is 0 Å². The number of ether oxygens (including phenoxy) is 2. The average Bonchev–Trinajstić information content (AvgIpc) is 2.98. The monoisotopic (exact) mass is 599 g/mol. The van der Waals surface area contributed by atoms with Crippen molar-refractivity contribution in [2.75, 3.05) is 13.2 Å². The lowest BCUT2D eigenvalue weighted by atomic mass is 9.99. The maximum Gasteiger partial charge on any atom is 0.220 e. The van der Waals surface area contributed by atoms with E-state index in [9.17, 15) is 30.3 Å². The maximum absolute atomic E-state index is 12.7. The predicted molar refractivity (Wildman–Crippen MR) is 166 cm³/mol. The predicted octanol–water partition coefficient (Wildman–Crippen LogP) is 4.43. The van der Waals surface area contributed by atoms with Gasteiger partial charge in [0, 0.05) is 6.42 Å². The summed E-state index contributed by atoms with van der Waals surface area (Å²) in [6, 6.07) is -0.800. The van der Waals surface area contributed by atoms with E-state index in [4.69, 9.17) is 9.47 Å². The van der Waals surface area contributed by atoms with Crippen molar-refractivity contribution >= 4 is 5.91 Å². The lowest BCUT2D eigenvalue weighted by Gasteiger charge is -2.40. The molecule has 0 aliphatic carbocycles. The Bertz CT molecular complexity index is 716. The summed E-state index contributed by atoms with van der Waals surface area (Å²) in [7, 11) is 0. The number of rotatable bonds is 25. The number of nitrogens with one attached hydrogen (secondary N) is 1. The lowest BCUT2D eigenvalue weighted by Crippen LogP contribution is -2.60. The average molecular weight is 600 g/mol. The van der Waals surface area contributed by atoms with Crippen LogP contribution in [0.2, 0.25) is 0 Å². The molecule has 0 saturated carbocycles. The van der Waals surface area contributed by atoms with Gasteiger partial charge in [-0.25, -0.2) is 0 Å². The molecule has 1 amide bonds. The molecule has 42 heavy (non-hydrogen) atoms. The van der Waals surface area contributed by atoms with Crippen LogP contribution in [0.3, 0.4) is 0 Å². The molecule has 9 nitrogen and oxygen atoms in total. The first-order chi connectivity index (χ1) is 20.3. The Morgan fingerprint density at radius 2 is 1.33 bits per heavy atom. The summed E-state index contributed by atoms with van der Waals surface area (Å²) in [6.07, 6.45) is 18.2. The molecule has 1 rings (SSSR count). The molecule has 9 heteroatoms. The molecule has 1 fully saturated rings. The molecule has 246 valence electrons. The number of aliphatic hydroxyl groups excluding tert-OH is 5. The third-order valence-corrected chi connectivity index (χ3v) is 7.77. The van der Waals surface area contributed by atoms with Crippen LogP contribution in [0.15, 0.2) is 24.3 Å². The Labute approximate surface area is 254 Å². The topological polar surface area (TPSA) is 149 Å². The van der Waals surface area contributed by atoms with Crippen molar-refractivity contribution in [1.82, 2.24) is 5.32 Å². The van der Waals surface area contributed by atoms with Gasteiger partial charge in [-0.2, -0.15) is 0 Å². The van der Waals surface area contributed by atoms with Crippen molar-refractivity contribution < 1.29 is 39.8 Å². The smallest absolute Gasteiger partial charge is 0.220 e. The minimum absolute atomic E-state index is 0.193. The van der Waals surface area contributed by atoms with E-state index in [1.165, 1.54) is 32.1 Å². The highest BCUT2D eigenvalue weighted by molar-refractivity contribution is 5.76. The van der Waals surface area contributed by atoms with Crippen molar-refractivity contribution in [2.45, 2.75) is 166 Å². The number of allylic oxidation sites excluding steroid dienone is 3. The van der Waals surface area contributed by atoms with Gasteiger partial charge in [-0.1, -0.05) is 95.9 Å². The van der Waals surface area contributed by atoms with Crippen molar-refractivity contribution in [1.29, 1.82) is 0 Å². The van der Waals surface area contributed by atoms with Gasteiger partial charge in [-0.3, -0.25) is 4.79 Å². The maximum atomic E-state index is 12.7. The number of carbonyl (C=O) groups is 1. The van der Waals surface area contributed by atoms with E-state index in [0.29, 0.717) is 6.42 Å². The molecule has 0 spiro atoms. The molecule has 7 unspecified atom stereocenters. The highest BCUT2D eigenvalue weighted by Gasteiger charge is 2.44. The zero-order chi connectivity index (χ0) is 31.0. The van der Waals surface area contributed by atoms with E-state index < -0.39 is 49.5 Å². The van der Waals surface area contributed by atoms with E-state index in [1.807, 2.05) is 6.08 Å². The Morgan fingerprint density at radius 3 is 1.93 bits per heavy atom. The fraction of sp³-hybridized carbons (Fsp3) is 0.848. The summed E-state index contributed by atoms with van der Waals surface area (Å²) < 4.78 is 11.0. The summed E-state index contributed by atoms with van der Waals surface area (Å²) in [5, 5.41) is 53.4. The van der Waals surface area contributed by atoms with Crippen molar-refractivity contribution in [3.8, 4) is 0 Å². The lowest BCUT2D eigenvalue weighted by molar-refractivity contribution is -0.302. The Morgan fingerprint density at radius 1 is 0.786 bits per heavy atom. The van der Waals surface area contributed by atoms with Crippen molar-refractivity contribution in [3.05, 3.63) is 24.3 Å². The summed E-state index contributed by atoms with van der Waals surface area (Å²) in [5.41, 5.74) is 0. The van der Waals surface area contributed by atoms with Crippen LogP contribution in [0.25, 0.3) is 0 Å². The summed E-state index contributed by atoms with van der Waals surface area (Å²) >= 11 is 0. The molecule has 0 bridgehead atoms. The molecule has 0 aromatic rings. The van der Waals surface area contributed by atoms with E-state index in [1.54, 1.807) is 6.08 Å². The Balaban J connectivity index is 2.47. The normalized spacial score (nSPS) is 24.4. The molecule has 1 saturated heterocycles. The van der Waals surface area contributed by atoms with Crippen LogP contribution in [-0.4, -0.2) is 87.5 Å². The summed E-state index contributed by atoms with van der Waals surface area (Å²) in [4.78, 5) is 12.7. The summed E-state index contributed by atoms with van der Waals surface area (Å²) in [6.45, 7) is 3.62. The molecule has 0 aromatic carbocycles. The highest BCUT2D eigenvalue weighted by atomic mass is 16.7. The van der Waals surface area contributed by atoms with Gasteiger partial charge >= 0.3 is 0 Å². The first-order valence-corrected chi connectivity index (χ1v) is 16.6. The van der Waals surface area contributed by atoms with Crippen molar-refractivity contribution in [2.24, 2.45) is 0 Å². The number of aliphatic hydroxyl groups is 5. The Hall–Kier alpha value is -1.33. The van der Waals surface area contributed by atoms with Crippen LogP contribution in [0, 0.1) is 0 Å². The largest absolute Gasteiger partial charge is 0.394 e. The molecule has 1 aliphatic heterocycles. The van der Waals surface area contributed by atoms with E-state index >= 15 is 0 Å². The zero-order valence-electron chi connectivity index (χ0n) is 26.2. The molecule has 0 aromatic heterocycles. The molecular formula is C33H61NO8. The van der Waals surface area contributed by atoms with Gasteiger partial charge in [0.2, 0.25) is 5.91 Å².